The van der Waals surface area contributed by atoms with E-state index < -0.39 is 0 Å². The minimum atomic E-state index is -0.388. The van der Waals surface area contributed by atoms with Gasteiger partial charge >= 0.3 is 0 Å². The highest BCUT2D eigenvalue weighted by Crippen LogP contribution is 2.33. The zero-order chi connectivity index (χ0) is 23.6. The van der Waals surface area contributed by atoms with Gasteiger partial charge in [-0.1, -0.05) is 30.3 Å². The lowest BCUT2D eigenvalue weighted by Gasteiger charge is -2.27. The Balaban J connectivity index is 1.31. The van der Waals surface area contributed by atoms with Gasteiger partial charge in [0.15, 0.2) is 0 Å². The van der Waals surface area contributed by atoms with Crippen LogP contribution >= 0.6 is 0 Å². The van der Waals surface area contributed by atoms with Gasteiger partial charge in [0.05, 0.1) is 16.8 Å². The summed E-state index contributed by atoms with van der Waals surface area (Å²) in [5.74, 6) is -0.876. The van der Waals surface area contributed by atoms with Gasteiger partial charge < -0.3 is 9.88 Å². The van der Waals surface area contributed by atoms with Gasteiger partial charge in [-0.2, -0.15) is 0 Å². The van der Waals surface area contributed by atoms with Crippen molar-refractivity contribution in [2.75, 3.05) is 11.4 Å². The molecule has 0 atom stereocenters. The van der Waals surface area contributed by atoms with E-state index in [-0.39, 0.29) is 23.3 Å². The number of H-pyrrole nitrogens is 1. The van der Waals surface area contributed by atoms with Crippen molar-refractivity contribution in [1.29, 1.82) is 0 Å². The Morgan fingerprint density at radius 3 is 2.56 bits per heavy atom. The maximum absolute atomic E-state index is 13.4. The lowest BCUT2D eigenvalue weighted by atomic mass is 10.0. The zero-order valence-corrected chi connectivity index (χ0v) is 19.0. The molecule has 3 amide bonds. The van der Waals surface area contributed by atoms with Gasteiger partial charge in [-0.25, -0.2) is 4.90 Å². The summed E-state index contributed by atoms with van der Waals surface area (Å²) in [5, 5.41) is 1.13. The summed E-state index contributed by atoms with van der Waals surface area (Å²) in [4.78, 5) is 46.3. The van der Waals surface area contributed by atoms with E-state index >= 15 is 0 Å². The standard InChI is InChI=1S/C28H23N3O3/c1-16-7-8-17(2)25(13-16)31-27(33)20-10-9-18(14-21(20)28(31)34)26(32)30-12-11-24-22(15-30)19-5-3-4-6-23(19)29-24/h3-10,13-14,29H,11-12,15H2,1-2H3. The third kappa shape index (κ3) is 2.99. The minimum Gasteiger partial charge on any atom is -0.358 e. The molecule has 0 saturated heterocycles. The van der Waals surface area contributed by atoms with E-state index in [9.17, 15) is 14.4 Å². The summed E-state index contributed by atoms with van der Waals surface area (Å²) in [6.07, 6.45) is 0.749. The minimum absolute atomic E-state index is 0.135. The van der Waals surface area contributed by atoms with Crippen LogP contribution in [0.4, 0.5) is 5.69 Å². The molecule has 0 bridgehead atoms. The molecule has 3 heterocycles. The number of amides is 3. The van der Waals surface area contributed by atoms with Crippen molar-refractivity contribution in [3.8, 4) is 0 Å². The highest BCUT2D eigenvalue weighted by molar-refractivity contribution is 6.35. The average Bonchev–Trinajstić information content (AvgIpc) is 3.34. The Morgan fingerprint density at radius 1 is 0.912 bits per heavy atom. The van der Waals surface area contributed by atoms with Crippen molar-refractivity contribution in [2.24, 2.45) is 0 Å². The molecule has 6 heteroatoms. The van der Waals surface area contributed by atoms with E-state index in [1.54, 1.807) is 18.2 Å². The van der Waals surface area contributed by atoms with Crippen molar-refractivity contribution in [3.63, 3.8) is 0 Å². The summed E-state index contributed by atoms with van der Waals surface area (Å²) in [7, 11) is 0. The van der Waals surface area contributed by atoms with E-state index in [2.05, 4.69) is 11.1 Å². The molecule has 168 valence electrons. The van der Waals surface area contributed by atoms with Gasteiger partial charge in [-0.05, 0) is 55.3 Å². The van der Waals surface area contributed by atoms with E-state index in [4.69, 9.17) is 0 Å². The SMILES string of the molecule is Cc1ccc(C)c(N2C(=O)c3ccc(C(=O)N4CCc5[nH]c6ccccc6c5C4)cc3C2=O)c1. The maximum Gasteiger partial charge on any atom is 0.266 e. The molecule has 4 aromatic rings. The first-order valence-electron chi connectivity index (χ1n) is 11.4. The van der Waals surface area contributed by atoms with Crippen molar-refractivity contribution in [2.45, 2.75) is 26.8 Å². The molecule has 0 unspecified atom stereocenters. The van der Waals surface area contributed by atoms with Crippen LogP contribution < -0.4 is 4.90 Å². The first-order chi connectivity index (χ1) is 16.4. The first kappa shape index (κ1) is 20.4. The van der Waals surface area contributed by atoms with E-state index in [1.165, 1.54) is 10.6 Å². The second kappa shape index (κ2) is 7.42. The molecule has 0 fully saturated rings. The Labute approximate surface area is 196 Å². The predicted molar refractivity (Wildman–Crippen MR) is 130 cm³/mol. The number of para-hydroxylation sites is 1. The van der Waals surface area contributed by atoms with Crippen LogP contribution in [-0.4, -0.2) is 34.2 Å². The Bertz CT molecular complexity index is 1530. The Kier molecular flexibility index (Phi) is 4.45. The quantitative estimate of drug-likeness (QED) is 0.448. The number of hydrogen-bond acceptors (Lipinski definition) is 3. The van der Waals surface area contributed by atoms with Crippen LogP contribution in [0.3, 0.4) is 0 Å². The number of imide groups is 1. The predicted octanol–water partition coefficient (Wildman–Crippen LogP) is 4.78. The number of carbonyl (C=O) groups is 3. The highest BCUT2D eigenvalue weighted by Gasteiger charge is 2.38. The van der Waals surface area contributed by atoms with Crippen molar-refractivity contribution in [1.82, 2.24) is 9.88 Å². The average molecular weight is 450 g/mol. The molecular weight excluding hydrogens is 426 g/mol. The van der Waals surface area contributed by atoms with E-state index in [1.807, 2.05) is 55.1 Å². The molecule has 3 aromatic carbocycles. The molecule has 0 radical (unpaired) electrons. The summed E-state index contributed by atoms with van der Waals surface area (Å²) in [6.45, 7) is 4.91. The van der Waals surface area contributed by atoms with E-state index in [0.717, 1.165) is 34.0 Å². The van der Waals surface area contributed by atoms with Crippen LogP contribution in [-0.2, 0) is 13.0 Å². The molecule has 0 spiro atoms. The molecule has 0 saturated carbocycles. The molecule has 2 aliphatic heterocycles. The fourth-order valence-electron chi connectivity index (χ4n) is 5.08. The monoisotopic (exact) mass is 449 g/mol. The lowest BCUT2D eigenvalue weighted by Crippen LogP contribution is -2.35. The lowest BCUT2D eigenvalue weighted by molar-refractivity contribution is 0.0734. The van der Waals surface area contributed by atoms with Gasteiger partial charge in [-0.15, -0.1) is 0 Å². The first-order valence-corrected chi connectivity index (χ1v) is 11.4. The summed E-state index contributed by atoms with van der Waals surface area (Å²) >= 11 is 0. The topological polar surface area (TPSA) is 73.5 Å². The molecule has 0 aliphatic carbocycles. The fourth-order valence-corrected chi connectivity index (χ4v) is 5.08. The highest BCUT2D eigenvalue weighted by atomic mass is 16.2. The number of benzene rings is 3. The summed E-state index contributed by atoms with van der Waals surface area (Å²) in [6, 6.07) is 18.6. The van der Waals surface area contributed by atoms with Crippen molar-refractivity contribution in [3.05, 3.63) is 99.7 Å². The molecule has 6 nitrogen and oxygen atoms in total. The third-order valence-electron chi connectivity index (χ3n) is 6.91. The van der Waals surface area contributed by atoms with Crippen LogP contribution in [0.5, 0.6) is 0 Å². The van der Waals surface area contributed by atoms with Gasteiger partial charge in [0, 0.05) is 47.2 Å². The normalized spacial score (nSPS) is 15.1. The van der Waals surface area contributed by atoms with Gasteiger partial charge in [0.25, 0.3) is 17.7 Å². The number of hydrogen-bond donors (Lipinski definition) is 1. The van der Waals surface area contributed by atoms with Gasteiger partial charge in [-0.3, -0.25) is 14.4 Å². The van der Waals surface area contributed by atoms with Crippen LogP contribution in [0, 0.1) is 13.8 Å². The number of rotatable bonds is 2. The number of aromatic amines is 1. The van der Waals surface area contributed by atoms with Gasteiger partial charge in [0.2, 0.25) is 0 Å². The van der Waals surface area contributed by atoms with Crippen molar-refractivity contribution < 1.29 is 14.4 Å². The smallest absolute Gasteiger partial charge is 0.266 e. The van der Waals surface area contributed by atoms with Crippen LogP contribution in [0.15, 0.2) is 60.7 Å². The Morgan fingerprint density at radius 2 is 1.71 bits per heavy atom. The van der Waals surface area contributed by atoms with Crippen LogP contribution in [0.2, 0.25) is 0 Å². The Hall–Kier alpha value is -4.19. The molecule has 34 heavy (non-hydrogen) atoms. The van der Waals surface area contributed by atoms with Gasteiger partial charge in [0.1, 0.15) is 0 Å². The number of nitrogens with zero attached hydrogens (tertiary/aromatic N) is 2. The number of fused-ring (bicyclic) bond motifs is 4. The van der Waals surface area contributed by atoms with E-state index in [0.29, 0.717) is 29.9 Å². The van der Waals surface area contributed by atoms with Crippen LogP contribution in [0.25, 0.3) is 10.9 Å². The maximum atomic E-state index is 13.4. The largest absolute Gasteiger partial charge is 0.358 e. The second-order valence-electron chi connectivity index (χ2n) is 9.10. The third-order valence-corrected chi connectivity index (χ3v) is 6.91. The summed E-state index contributed by atoms with van der Waals surface area (Å²) < 4.78 is 0. The number of nitrogens with one attached hydrogen (secondary N) is 1. The molecule has 1 aromatic heterocycles. The molecular formula is C28H23N3O3. The fraction of sp³-hybridized carbons (Fsp3) is 0.179. The van der Waals surface area contributed by atoms with Crippen LogP contribution in [0.1, 0.15) is 53.5 Å². The number of aryl methyl sites for hydroxylation is 2. The number of anilines is 1. The zero-order valence-electron chi connectivity index (χ0n) is 19.0. The second-order valence-corrected chi connectivity index (χ2v) is 9.10. The summed E-state index contributed by atoms with van der Waals surface area (Å²) in [5.41, 5.74) is 6.83. The molecule has 6 rings (SSSR count). The number of aromatic nitrogens is 1. The van der Waals surface area contributed by atoms with Crippen molar-refractivity contribution >= 4 is 34.3 Å². The molecule has 1 N–H and O–H groups in total. The number of carbonyl (C=O) groups excluding carboxylic acids is 3. The molecule has 2 aliphatic rings.